The minimum atomic E-state index is -2.65. The molecule has 2 heterocycles. The molecule has 0 radical (unpaired) electrons. The van der Waals surface area contributed by atoms with Crippen LogP contribution in [0.25, 0.3) is 0 Å². The number of amides is 2. The van der Waals surface area contributed by atoms with Crippen LogP contribution in [-0.2, 0) is 13.0 Å². The van der Waals surface area contributed by atoms with E-state index in [4.69, 9.17) is 0 Å². The van der Waals surface area contributed by atoms with Gasteiger partial charge in [0, 0.05) is 18.3 Å². The molecule has 26 heavy (non-hydrogen) atoms. The summed E-state index contributed by atoms with van der Waals surface area (Å²) in [5, 5.41) is 2.77. The third-order valence-electron chi connectivity index (χ3n) is 4.77. The molecule has 1 aromatic carbocycles. The SMILES string of the molecule is CC1(Cc2ccccc2)CCCN1C(=O)NCc1nccc(C(F)F)n1. The van der Waals surface area contributed by atoms with E-state index in [1.54, 1.807) is 0 Å². The van der Waals surface area contributed by atoms with Gasteiger partial charge in [0.2, 0.25) is 0 Å². The highest BCUT2D eigenvalue weighted by atomic mass is 19.3. The summed E-state index contributed by atoms with van der Waals surface area (Å²) in [7, 11) is 0. The van der Waals surface area contributed by atoms with Gasteiger partial charge in [-0.25, -0.2) is 23.5 Å². The van der Waals surface area contributed by atoms with Gasteiger partial charge in [0.15, 0.2) is 0 Å². The predicted octanol–water partition coefficient (Wildman–Crippen LogP) is 3.72. The van der Waals surface area contributed by atoms with E-state index in [1.165, 1.54) is 17.8 Å². The number of hydrogen-bond acceptors (Lipinski definition) is 3. The van der Waals surface area contributed by atoms with Crippen LogP contribution in [0, 0.1) is 0 Å². The van der Waals surface area contributed by atoms with Gasteiger partial charge in [0.1, 0.15) is 11.5 Å². The van der Waals surface area contributed by atoms with E-state index >= 15 is 0 Å². The molecule has 1 N–H and O–H groups in total. The van der Waals surface area contributed by atoms with E-state index in [1.807, 2.05) is 23.1 Å². The Kier molecular flexibility index (Phi) is 5.44. The first-order chi connectivity index (χ1) is 12.5. The van der Waals surface area contributed by atoms with Crippen molar-refractivity contribution >= 4 is 6.03 Å². The average molecular weight is 360 g/mol. The van der Waals surface area contributed by atoms with Crippen LogP contribution >= 0.6 is 0 Å². The van der Waals surface area contributed by atoms with Crippen molar-refractivity contribution in [1.82, 2.24) is 20.2 Å². The number of nitrogens with zero attached hydrogens (tertiary/aromatic N) is 3. The summed E-state index contributed by atoms with van der Waals surface area (Å²) in [6.45, 7) is 2.78. The van der Waals surface area contributed by atoms with Gasteiger partial charge in [-0.05, 0) is 37.8 Å². The third-order valence-corrected chi connectivity index (χ3v) is 4.77. The molecular formula is C19H22F2N4O. The van der Waals surface area contributed by atoms with Gasteiger partial charge in [-0.3, -0.25) is 0 Å². The Balaban J connectivity index is 1.64. The molecule has 0 spiro atoms. The molecule has 1 aliphatic rings. The molecule has 3 rings (SSSR count). The van der Waals surface area contributed by atoms with Crippen LogP contribution in [0.15, 0.2) is 42.6 Å². The summed E-state index contributed by atoms with van der Waals surface area (Å²) in [6.07, 6.45) is 1.27. The molecule has 5 nitrogen and oxygen atoms in total. The Morgan fingerprint density at radius 3 is 2.81 bits per heavy atom. The van der Waals surface area contributed by atoms with Gasteiger partial charge in [0.25, 0.3) is 6.43 Å². The molecule has 1 fully saturated rings. The van der Waals surface area contributed by atoms with Crippen LogP contribution in [0.4, 0.5) is 13.6 Å². The molecule has 1 aromatic heterocycles. The molecule has 0 aliphatic carbocycles. The summed E-state index contributed by atoms with van der Waals surface area (Å²) in [4.78, 5) is 22.2. The largest absolute Gasteiger partial charge is 0.331 e. The topological polar surface area (TPSA) is 58.1 Å². The van der Waals surface area contributed by atoms with Crippen LogP contribution in [0.2, 0.25) is 0 Å². The van der Waals surface area contributed by atoms with Crippen LogP contribution in [0.3, 0.4) is 0 Å². The van der Waals surface area contributed by atoms with E-state index < -0.39 is 6.43 Å². The van der Waals surface area contributed by atoms with Crippen molar-refractivity contribution in [2.45, 2.75) is 44.7 Å². The molecule has 0 saturated carbocycles. The summed E-state index contributed by atoms with van der Waals surface area (Å²) < 4.78 is 25.4. The second-order valence-corrected chi connectivity index (χ2v) is 6.77. The normalized spacial score (nSPS) is 19.8. The number of urea groups is 1. The Morgan fingerprint density at radius 2 is 2.08 bits per heavy atom. The Labute approximate surface area is 151 Å². The molecule has 7 heteroatoms. The van der Waals surface area contributed by atoms with Crippen molar-refractivity contribution < 1.29 is 13.6 Å². The molecule has 1 atom stereocenters. The number of benzene rings is 1. The quantitative estimate of drug-likeness (QED) is 0.884. The van der Waals surface area contributed by atoms with Gasteiger partial charge in [-0.1, -0.05) is 30.3 Å². The van der Waals surface area contributed by atoms with Crippen LogP contribution in [0.5, 0.6) is 0 Å². The molecule has 138 valence electrons. The maximum absolute atomic E-state index is 12.7. The van der Waals surface area contributed by atoms with E-state index in [2.05, 4.69) is 34.3 Å². The van der Waals surface area contributed by atoms with Crippen molar-refractivity contribution in [3.8, 4) is 0 Å². The molecule has 1 saturated heterocycles. The fraction of sp³-hybridized carbons (Fsp3) is 0.421. The summed E-state index contributed by atoms with van der Waals surface area (Å²) in [5.74, 6) is 0.181. The molecule has 2 amide bonds. The zero-order chi connectivity index (χ0) is 18.6. The number of carbonyl (C=O) groups excluding carboxylic acids is 1. The zero-order valence-electron chi connectivity index (χ0n) is 14.7. The van der Waals surface area contributed by atoms with Crippen molar-refractivity contribution in [2.75, 3.05) is 6.54 Å². The Bertz CT molecular complexity index is 756. The van der Waals surface area contributed by atoms with Crippen LogP contribution in [0.1, 0.15) is 43.3 Å². The minimum Gasteiger partial charge on any atom is -0.331 e. The molecule has 1 aliphatic heterocycles. The highest BCUT2D eigenvalue weighted by Crippen LogP contribution is 2.32. The van der Waals surface area contributed by atoms with E-state index in [0.29, 0.717) is 6.54 Å². The van der Waals surface area contributed by atoms with Gasteiger partial charge >= 0.3 is 6.03 Å². The van der Waals surface area contributed by atoms with E-state index in [-0.39, 0.29) is 29.6 Å². The van der Waals surface area contributed by atoms with Crippen molar-refractivity contribution in [2.24, 2.45) is 0 Å². The Hall–Kier alpha value is -2.57. The van der Waals surface area contributed by atoms with Gasteiger partial charge in [-0.15, -0.1) is 0 Å². The molecule has 1 unspecified atom stereocenters. The number of nitrogens with one attached hydrogen (secondary N) is 1. The van der Waals surface area contributed by atoms with Gasteiger partial charge < -0.3 is 10.2 Å². The number of likely N-dealkylation sites (tertiary alicyclic amines) is 1. The number of carbonyl (C=O) groups is 1. The fourth-order valence-corrected chi connectivity index (χ4v) is 3.46. The highest BCUT2D eigenvalue weighted by molar-refractivity contribution is 5.75. The smallest absolute Gasteiger partial charge is 0.318 e. The molecule has 2 aromatic rings. The standard InChI is InChI=1S/C19H22F2N4O/c1-19(12-14-6-3-2-4-7-14)9-5-11-25(19)18(26)23-13-16-22-10-8-15(24-16)17(20)21/h2-4,6-8,10,17H,5,9,11-13H2,1H3,(H,23,26). The lowest BCUT2D eigenvalue weighted by atomic mass is 9.90. The second-order valence-electron chi connectivity index (χ2n) is 6.77. The van der Waals surface area contributed by atoms with Gasteiger partial charge in [0.05, 0.1) is 6.54 Å². The number of hydrogen-bond donors (Lipinski definition) is 1. The first-order valence-corrected chi connectivity index (χ1v) is 8.67. The number of aromatic nitrogens is 2. The van der Waals surface area contributed by atoms with Crippen molar-refractivity contribution in [3.63, 3.8) is 0 Å². The average Bonchev–Trinajstić information content (AvgIpc) is 3.02. The summed E-state index contributed by atoms with van der Waals surface area (Å²) in [5.41, 5.74) is 0.582. The first-order valence-electron chi connectivity index (χ1n) is 8.67. The molecular weight excluding hydrogens is 338 g/mol. The third kappa shape index (κ3) is 4.15. The second kappa shape index (κ2) is 7.76. The maximum Gasteiger partial charge on any atom is 0.318 e. The summed E-state index contributed by atoms with van der Waals surface area (Å²) >= 11 is 0. The highest BCUT2D eigenvalue weighted by Gasteiger charge is 2.39. The number of rotatable bonds is 5. The van der Waals surface area contributed by atoms with Crippen molar-refractivity contribution in [1.29, 1.82) is 0 Å². The zero-order valence-corrected chi connectivity index (χ0v) is 14.7. The Morgan fingerprint density at radius 1 is 1.31 bits per heavy atom. The number of halogens is 2. The van der Waals surface area contributed by atoms with Crippen LogP contribution < -0.4 is 5.32 Å². The minimum absolute atomic E-state index is 0.0251. The maximum atomic E-state index is 12.7. The monoisotopic (exact) mass is 360 g/mol. The lowest BCUT2D eigenvalue weighted by Crippen LogP contribution is -2.50. The van der Waals surface area contributed by atoms with Crippen molar-refractivity contribution in [3.05, 3.63) is 59.7 Å². The molecule has 0 bridgehead atoms. The lowest BCUT2D eigenvalue weighted by molar-refractivity contribution is 0.145. The number of alkyl halides is 2. The lowest BCUT2D eigenvalue weighted by Gasteiger charge is -2.35. The first kappa shape index (κ1) is 18.2. The van der Waals surface area contributed by atoms with Crippen LogP contribution in [-0.4, -0.2) is 33.0 Å². The predicted molar refractivity (Wildman–Crippen MR) is 93.7 cm³/mol. The van der Waals surface area contributed by atoms with E-state index in [9.17, 15) is 13.6 Å². The fourth-order valence-electron chi connectivity index (χ4n) is 3.46. The van der Waals surface area contributed by atoms with E-state index in [0.717, 1.165) is 19.3 Å². The van der Waals surface area contributed by atoms with Gasteiger partial charge in [-0.2, -0.15) is 0 Å². The summed E-state index contributed by atoms with van der Waals surface area (Å²) in [6, 6.07) is 11.0.